The van der Waals surface area contributed by atoms with Gasteiger partial charge in [0.25, 0.3) is 0 Å². The molecule has 0 aromatic carbocycles. The summed E-state index contributed by atoms with van der Waals surface area (Å²) >= 11 is 1.67. The van der Waals surface area contributed by atoms with E-state index in [2.05, 4.69) is 13.0 Å². The lowest BCUT2D eigenvalue weighted by atomic mass is 10.0. The summed E-state index contributed by atoms with van der Waals surface area (Å²) < 4.78 is 22.5. The van der Waals surface area contributed by atoms with Crippen LogP contribution in [0, 0.1) is 0 Å². The lowest BCUT2D eigenvalue weighted by molar-refractivity contribution is 0.224. The van der Waals surface area contributed by atoms with Crippen molar-refractivity contribution >= 4 is 21.2 Å². The quantitative estimate of drug-likeness (QED) is 0.826. The summed E-state index contributed by atoms with van der Waals surface area (Å²) in [6.07, 6.45) is 2.13. The Morgan fingerprint density at radius 3 is 2.61 bits per heavy atom. The second kappa shape index (κ2) is 6.65. The predicted octanol–water partition coefficient (Wildman–Crippen LogP) is 1.50. The third kappa shape index (κ3) is 4.68. The van der Waals surface area contributed by atoms with Gasteiger partial charge in [-0.25, -0.2) is 8.42 Å². The Morgan fingerprint density at radius 2 is 2.17 bits per heavy atom. The Hall–Kier alpha value is -0.430. The summed E-state index contributed by atoms with van der Waals surface area (Å²) in [6, 6.07) is 4.17. The van der Waals surface area contributed by atoms with Crippen LogP contribution in [0.1, 0.15) is 24.3 Å². The van der Waals surface area contributed by atoms with Crippen molar-refractivity contribution in [3.63, 3.8) is 0 Å². The van der Waals surface area contributed by atoms with E-state index in [0.29, 0.717) is 6.54 Å². The fraction of sp³-hybridized carbons (Fsp3) is 0.667. The molecular weight excluding hydrogens is 268 g/mol. The van der Waals surface area contributed by atoms with Gasteiger partial charge in [0.2, 0.25) is 0 Å². The zero-order chi connectivity index (χ0) is 13.8. The Morgan fingerprint density at radius 1 is 1.50 bits per heavy atom. The average Bonchev–Trinajstić information content (AvgIpc) is 2.79. The molecule has 0 radical (unpaired) electrons. The molecule has 2 N–H and O–H groups in total. The van der Waals surface area contributed by atoms with Gasteiger partial charge < -0.3 is 5.73 Å². The van der Waals surface area contributed by atoms with Crippen LogP contribution >= 0.6 is 11.3 Å². The molecule has 1 aromatic rings. The maximum Gasteiger partial charge on any atom is 0.148 e. The van der Waals surface area contributed by atoms with E-state index in [1.807, 2.05) is 23.4 Å². The fourth-order valence-corrected chi connectivity index (χ4v) is 3.47. The minimum atomic E-state index is -2.93. The van der Waals surface area contributed by atoms with Gasteiger partial charge in [-0.3, -0.25) is 4.90 Å². The van der Waals surface area contributed by atoms with Crippen LogP contribution in [0.4, 0.5) is 0 Å². The van der Waals surface area contributed by atoms with Gasteiger partial charge in [0.1, 0.15) is 9.84 Å². The Bertz CT molecular complexity index is 443. The van der Waals surface area contributed by atoms with Gasteiger partial charge in [0.15, 0.2) is 0 Å². The summed E-state index contributed by atoms with van der Waals surface area (Å²) in [5.41, 5.74) is 6.16. The standard InChI is InChI=1S/C12H22N2O2S2/c1-4-10(13)12(11-6-5-8-17-11)14(2)7-9-18(3,15)16/h5-6,8,10,12H,4,7,9,13H2,1-3H3. The first-order chi connectivity index (χ1) is 8.35. The van der Waals surface area contributed by atoms with E-state index in [4.69, 9.17) is 5.73 Å². The topological polar surface area (TPSA) is 63.4 Å². The third-order valence-corrected chi connectivity index (χ3v) is 4.87. The number of likely N-dealkylation sites (N-methyl/N-ethyl adjacent to an activating group) is 1. The zero-order valence-corrected chi connectivity index (χ0v) is 12.8. The zero-order valence-electron chi connectivity index (χ0n) is 11.2. The van der Waals surface area contributed by atoms with E-state index in [9.17, 15) is 8.42 Å². The summed E-state index contributed by atoms with van der Waals surface area (Å²) in [5, 5.41) is 2.02. The highest BCUT2D eigenvalue weighted by atomic mass is 32.2. The van der Waals surface area contributed by atoms with Gasteiger partial charge in [0.05, 0.1) is 11.8 Å². The highest BCUT2D eigenvalue weighted by Gasteiger charge is 2.24. The van der Waals surface area contributed by atoms with Gasteiger partial charge in [-0.1, -0.05) is 13.0 Å². The van der Waals surface area contributed by atoms with E-state index in [0.717, 1.165) is 6.42 Å². The van der Waals surface area contributed by atoms with Crippen LogP contribution in [-0.4, -0.2) is 45.0 Å². The number of nitrogens with zero attached hydrogens (tertiary/aromatic N) is 1. The molecule has 6 heteroatoms. The van der Waals surface area contributed by atoms with Gasteiger partial charge >= 0.3 is 0 Å². The highest BCUT2D eigenvalue weighted by molar-refractivity contribution is 7.90. The number of hydrogen-bond acceptors (Lipinski definition) is 5. The van der Waals surface area contributed by atoms with E-state index >= 15 is 0 Å². The number of rotatable bonds is 7. The van der Waals surface area contributed by atoms with Crippen molar-refractivity contribution in [2.75, 3.05) is 25.6 Å². The number of sulfone groups is 1. The molecule has 0 bridgehead atoms. The minimum Gasteiger partial charge on any atom is -0.326 e. The molecule has 1 aromatic heterocycles. The number of thiophene rings is 1. The molecular formula is C12H22N2O2S2. The second-order valence-electron chi connectivity index (χ2n) is 4.64. The molecule has 0 saturated carbocycles. The molecule has 104 valence electrons. The summed E-state index contributed by atoms with van der Waals surface area (Å²) in [7, 11) is -0.997. The van der Waals surface area contributed by atoms with E-state index in [1.165, 1.54) is 11.1 Å². The van der Waals surface area contributed by atoms with Crippen molar-refractivity contribution in [2.45, 2.75) is 25.4 Å². The smallest absolute Gasteiger partial charge is 0.148 e. The Balaban J connectivity index is 2.78. The Labute approximate surface area is 114 Å². The molecule has 0 aliphatic carbocycles. The van der Waals surface area contributed by atoms with Crippen molar-refractivity contribution < 1.29 is 8.42 Å². The number of nitrogens with two attached hydrogens (primary N) is 1. The second-order valence-corrected chi connectivity index (χ2v) is 7.88. The normalized spacial score (nSPS) is 15.8. The first-order valence-electron chi connectivity index (χ1n) is 6.02. The van der Waals surface area contributed by atoms with Gasteiger partial charge in [-0.05, 0) is 24.9 Å². The van der Waals surface area contributed by atoms with Crippen LogP contribution in [0.15, 0.2) is 17.5 Å². The molecule has 18 heavy (non-hydrogen) atoms. The molecule has 0 amide bonds. The van der Waals surface area contributed by atoms with E-state index < -0.39 is 9.84 Å². The van der Waals surface area contributed by atoms with Crippen LogP contribution < -0.4 is 5.73 Å². The maximum atomic E-state index is 11.2. The van der Waals surface area contributed by atoms with E-state index in [-0.39, 0.29) is 17.8 Å². The summed E-state index contributed by atoms with van der Waals surface area (Å²) in [6.45, 7) is 2.56. The SMILES string of the molecule is CCC(N)C(c1cccs1)N(C)CCS(C)(=O)=O. The minimum absolute atomic E-state index is 0.0215. The molecule has 0 spiro atoms. The van der Waals surface area contributed by atoms with Crippen LogP contribution in [-0.2, 0) is 9.84 Å². The lowest BCUT2D eigenvalue weighted by Crippen LogP contribution is -2.40. The molecule has 0 fully saturated rings. The molecule has 2 atom stereocenters. The van der Waals surface area contributed by atoms with Crippen molar-refractivity contribution in [3.05, 3.63) is 22.4 Å². The highest BCUT2D eigenvalue weighted by Crippen LogP contribution is 2.27. The molecule has 4 nitrogen and oxygen atoms in total. The van der Waals surface area contributed by atoms with Crippen molar-refractivity contribution in [1.82, 2.24) is 4.90 Å². The van der Waals surface area contributed by atoms with Crippen molar-refractivity contribution in [3.8, 4) is 0 Å². The van der Waals surface area contributed by atoms with Crippen LogP contribution in [0.2, 0.25) is 0 Å². The first kappa shape index (κ1) is 15.6. The third-order valence-electron chi connectivity index (χ3n) is 3.00. The molecule has 1 rings (SSSR count). The van der Waals surface area contributed by atoms with Gasteiger partial charge in [-0.2, -0.15) is 0 Å². The Kier molecular flexibility index (Phi) is 5.78. The van der Waals surface area contributed by atoms with Crippen LogP contribution in [0.3, 0.4) is 0 Å². The summed E-state index contributed by atoms with van der Waals surface area (Å²) in [5.74, 6) is 0.168. The number of hydrogen-bond donors (Lipinski definition) is 1. The maximum absolute atomic E-state index is 11.2. The molecule has 0 aliphatic rings. The first-order valence-corrected chi connectivity index (χ1v) is 8.96. The lowest BCUT2D eigenvalue weighted by Gasteiger charge is -2.31. The largest absolute Gasteiger partial charge is 0.326 e. The van der Waals surface area contributed by atoms with Gasteiger partial charge in [0, 0.05) is 23.7 Å². The van der Waals surface area contributed by atoms with Gasteiger partial charge in [-0.15, -0.1) is 11.3 Å². The fourth-order valence-electron chi connectivity index (χ4n) is 1.89. The van der Waals surface area contributed by atoms with Crippen molar-refractivity contribution in [1.29, 1.82) is 0 Å². The van der Waals surface area contributed by atoms with E-state index in [1.54, 1.807) is 11.3 Å². The molecule has 0 aliphatic heterocycles. The summed E-state index contributed by atoms with van der Waals surface area (Å²) in [4.78, 5) is 3.24. The molecule has 0 saturated heterocycles. The van der Waals surface area contributed by atoms with Crippen LogP contribution in [0.25, 0.3) is 0 Å². The predicted molar refractivity (Wildman–Crippen MR) is 77.7 cm³/mol. The molecule has 1 heterocycles. The monoisotopic (exact) mass is 290 g/mol. The average molecular weight is 290 g/mol. The molecule has 2 unspecified atom stereocenters. The van der Waals surface area contributed by atoms with Crippen molar-refractivity contribution in [2.24, 2.45) is 5.73 Å². The van der Waals surface area contributed by atoms with Crippen LogP contribution in [0.5, 0.6) is 0 Å².